The molecule has 7 heavy (non-hydrogen) atoms. The Morgan fingerprint density at radius 1 is 0.857 bits per heavy atom. The van der Waals surface area contributed by atoms with Crippen molar-refractivity contribution in [3.8, 4) is 0 Å². The van der Waals surface area contributed by atoms with Crippen LogP contribution in [0.15, 0.2) is 0 Å². The number of rotatable bonds is 0. The van der Waals surface area contributed by atoms with Crippen LogP contribution >= 0.6 is 0 Å². The Balaban J connectivity index is -0.0000000800. The Kier molecular flexibility index (Phi) is 11.9. The van der Waals surface area contributed by atoms with Crippen LogP contribution in [0.2, 0.25) is 0 Å². The summed E-state index contributed by atoms with van der Waals surface area (Å²) in [5.74, 6) is 0. The molecular formula is H4FeLiO4Si. The first kappa shape index (κ1) is 15.7. The second-order valence-electron chi connectivity index (χ2n) is 0.600. The van der Waals surface area contributed by atoms with E-state index in [2.05, 4.69) is 0 Å². The molecular weight excluding hydrogens is 155 g/mol. The van der Waals surface area contributed by atoms with Gasteiger partial charge in [0.05, 0.1) is 0 Å². The van der Waals surface area contributed by atoms with Crippen LogP contribution in [-0.2, 0) is 17.1 Å². The van der Waals surface area contributed by atoms with Crippen molar-refractivity contribution in [2.45, 2.75) is 0 Å². The fourth-order valence-electron chi connectivity index (χ4n) is 0. The topological polar surface area (TPSA) is 80.9 Å². The van der Waals surface area contributed by atoms with Crippen molar-refractivity contribution in [1.29, 1.82) is 0 Å². The maximum atomic E-state index is 7.33. The van der Waals surface area contributed by atoms with Gasteiger partial charge in [-0.3, -0.25) is 0 Å². The van der Waals surface area contributed by atoms with E-state index < -0.39 is 9.05 Å². The normalized spacial score (nSPS) is 8.57. The molecule has 41 valence electrons. The van der Waals surface area contributed by atoms with Crippen LogP contribution in [0.5, 0.6) is 0 Å². The van der Waals surface area contributed by atoms with Crippen LogP contribution < -0.4 is 0 Å². The van der Waals surface area contributed by atoms with Gasteiger partial charge in [-0.05, 0) is 0 Å². The van der Waals surface area contributed by atoms with Crippen LogP contribution in [0.1, 0.15) is 0 Å². The van der Waals surface area contributed by atoms with E-state index in [0.717, 1.165) is 0 Å². The molecule has 0 saturated heterocycles. The maximum Gasteiger partial charge on any atom is 0.668 e. The third-order valence-corrected chi connectivity index (χ3v) is 0. The van der Waals surface area contributed by atoms with Crippen molar-refractivity contribution < 1.29 is 36.3 Å². The Morgan fingerprint density at radius 3 is 0.857 bits per heavy atom. The van der Waals surface area contributed by atoms with Gasteiger partial charge in [0, 0.05) is 35.9 Å². The summed E-state index contributed by atoms with van der Waals surface area (Å²) in [5, 5.41) is 0. The van der Waals surface area contributed by atoms with E-state index in [4.69, 9.17) is 19.2 Å². The van der Waals surface area contributed by atoms with Gasteiger partial charge >= 0.3 is 9.05 Å². The van der Waals surface area contributed by atoms with E-state index >= 15 is 0 Å². The van der Waals surface area contributed by atoms with Gasteiger partial charge in [-0.2, -0.15) is 0 Å². The largest absolute Gasteiger partial charge is 0.668 e. The fraction of sp³-hybridized carbons (Fsp3) is 0. The third-order valence-electron chi connectivity index (χ3n) is 0. The SMILES string of the molecule is O[Si](O)(O)O.[Fe].[Li]. The summed E-state index contributed by atoms with van der Waals surface area (Å²) in [7, 11) is -4.61. The van der Waals surface area contributed by atoms with Crippen molar-refractivity contribution >= 4 is 27.9 Å². The Hall–Kier alpha value is 1.17. The molecule has 0 bridgehead atoms. The van der Waals surface area contributed by atoms with Crippen molar-refractivity contribution in [1.82, 2.24) is 0 Å². The average molecular weight is 159 g/mol. The number of hydrogen-bond donors (Lipinski definition) is 4. The van der Waals surface area contributed by atoms with Gasteiger partial charge in [-0.1, -0.05) is 0 Å². The Bertz CT molecular complexity index is 27.2. The van der Waals surface area contributed by atoms with Crippen molar-refractivity contribution in [3.63, 3.8) is 0 Å². The van der Waals surface area contributed by atoms with E-state index in [1.165, 1.54) is 0 Å². The quantitative estimate of drug-likeness (QED) is 0.284. The molecule has 0 aliphatic carbocycles. The summed E-state index contributed by atoms with van der Waals surface area (Å²) in [6.07, 6.45) is 0. The van der Waals surface area contributed by atoms with Crippen LogP contribution in [0.3, 0.4) is 0 Å². The Morgan fingerprint density at radius 2 is 0.857 bits per heavy atom. The zero-order chi connectivity index (χ0) is 4.50. The molecule has 0 atom stereocenters. The average Bonchev–Trinajstić information content (AvgIpc) is 0.722. The molecule has 0 aromatic rings. The molecule has 0 saturated carbocycles. The van der Waals surface area contributed by atoms with Gasteiger partial charge in [0.15, 0.2) is 0 Å². The minimum Gasteiger partial charge on any atom is -0.368 e. The first-order valence-corrected chi connectivity index (χ1v) is 2.68. The molecule has 4 N–H and O–H groups in total. The predicted octanol–water partition coefficient (Wildman–Crippen LogP) is -2.99. The van der Waals surface area contributed by atoms with E-state index in [0.29, 0.717) is 0 Å². The first-order valence-electron chi connectivity index (χ1n) is 0.894. The second-order valence-corrected chi connectivity index (χ2v) is 1.80. The van der Waals surface area contributed by atoms with Crippen molar-refractivity contribution in [2.24, 2.45) is 0 Å². The maximum absolute atomic E-state index is 7.33. The molecule has 0 fully saturated rings. The molecule has 0 spiro atoms. The minimum absolute atomic E-state index is 0. The zero-order valence-corrected chi connectivity index (χ0v) is 5.75. The molecule has 0 unspecified atom stereocenters. The second kappa shape index (κ2) is 5.31. The summed E-state index contributed by atoms with van der Waals surface area (Å²) in [6.45, 7) is 0. The van der Waals surface area contributed by atoms with Crippen LogP contribution in [0, 0.1) is 0 Å². The van der Waals surface area contributed by atoms with Crippen molar-refractivity contribution in [3.05, 3.63) is 0 Å². The predicted molar refractivity (Wildman–Crippen MR) is 20.4 cm³/mol. The fourth-order valence-corrected chi connectivity index (χ4v) is 0. The summed E-state index contributed by atoms with van der Waals surface area (Å²) >= 11 is 0. The van der Waals surface area contributed by atoms with Crippen molar-refractivity contribution in [2.75, 3.05) is 0 Å². The molecule has 0 aromatic carbocycles. The standard InChI is InChI=1S/Fe.Li.H4O4Si/c;;1-5(2,3)4/h;;1-4H. The van der Waals surface area contributed by atoms with E-state index in [9.17, 15) is 0 Å². The summed E-state index contributed by atoms with van der Waals surface area (Å²) in [4.78, 5) is 29.3. The van der Waals surface area contributed by atoms with Gasteiger partial charge in [-0.15, -0.1) is 0 Å². The molecule has 0 aliphatic rings. The molecule has 4 nitrogen and oxygen atoms in total. The molecule has 7 heteroatoms. The molecule has 1 radical (unpaired) electrons. The summed E-state index contributed by atoms with van der Waals surface area (Å²) in [6, 6.07) is 0. The minimum atomic E-state index is -4.61. The van der Waals surface area contributed by atoms with Gasteiger partial charge in [0.25, 0.3) is 0 Å². The van der Waals surface area contributed by atoms with E-state index in [1.54, 1.807) is 0 Å². The first-order chi connectivity index (χ1) is 2.00. The molecule has 0 aromatic heterocycles. The summed E-state index contributed by atoms with van der Waals surface area (Å²) in [5.41, 5.74) is 0. The van der Waals surface area contributed by atoms with Gasteiger partial charge in [-0.25, -0.2) is 0 Å². The molecule has 0 heterocycles. The van der Waals surface area contributed by atoms with Gasteiger partial charge in [0.1, 0.15) is 0 Å². The van der Waals surface area contributed by atoms with Gasteiger partial charge < -0.3 is 19.2 Å². The Labute approximate surface area is 64.3 Å². The van der Waals surface area contributed by atoms with Crippen LogP contribution in [0.4, 0.5) is 0 Å². The monoisotopic (exact) mass is 159 g/mol. The van der Waals surface area contributed by atoms with Crippen LogP contribution in [0.25, 0.3) is 0 Å². The summed E-state index contributed by atoms with van der Waals surface area (Å²) < 4.78 is 0. The molecule has 0 rings (SSSR count). The third kappa shape index (κ3) is 139. The zero-order valence-electron chi connectivity index (χ0n) is 3.64. The van der Waals surface area contributed by atoms with E-state index in [1.807, 2.05) is 0 Å². The molecule has 0 amide bonds. The smallest absolute Gasteiger partial charge is 0.368 e. The van der Waals surface area contributed by atoms with Gasteiger partial charge in [0.2, 0.25) is 0 Å². The molecule has 0 aliphatic heterocycles. The van der Waals surface area contributed by atoms with Crippen LogP contribution in [-0.4, -0.2) is 47.1 Å². The van der Waals surface area contributed by atoms with E-state index in [-0.39, 0.29) is 35.9 Å². The number of hydrogen-bond acceptors (Lipinski definition) is 4.